The van der Waals surface area contributed by atoms with Gasteiger partial charge in [-0.25, -0.2) is 0 Å². The molecule has 0 bridgehead atoms. The molecule has 0 radical (unpaired) electrons. The topological polar surface area (TPSA) is 68.4 Å². The number of aromatic nitrogens is 1. The van der Waals surface area contributed by atoms with Crippen molar-refractivity contribution < 1.29 is 9.59 Å². The average molecular weight is 473 g/mol. The highest BCUT2D eigenvalue weighted by atomic mass is 35.5. The molecule has 2 aromatic rings. The molecule has 2 N–H and O–H groups in total. The van der Waals surface area contributed by atoms with Crippen molar-refractivity contribution in [2.45, 2.75) is 46.0 Å². The first-order chi connectivity index (χ1) is 15.9. The maximum atomic E-state index is 13.0. The number of hydrogen-bond acceptors (Lipinski definition) is 3. The van der Waals surface area contributed by atoms with Gasteiger partial charge in [0, 0.05) is 48.0 Å². The highest BCUT2D eigenvalue weighted by Gasteiger charge is 2.30. The number of H-pyrrole nitrogens is 1. The second kappa shape index (κ2) is 10.9. The molecule has 180 valence electrons. The number of carbonyl (C=O) groups is 2. The van der Waals surface area contributed by atoms with Crippen LogP contribution in [0.1, 0.15) is 56.4 Å². The van der Waals surface area contributed by atoms with Crippen molar-refractivity contribution in [1.82, 2.24) is 20.1 Å². The van der Waals surface area contributed by atoms with Crippen LogP contribution >= 0.6 is 11.6 Å². The zero-order valence-electron chi connectivity index (χ0n) is 19.9. The normalized spacial score (nSPS) is 21.3. The van der Waals surface area contributed by atoms with Crippen LogP contribution in [0, 0.1) is 17.8 Å². The lowest BCUT2D eigenvalue weighted by atomic mass is 9.84. The first-order valence-corrected chi connectivity index (χ1v) is 12.9. The van der Waals surface area contributed by atoms with Crippen molar-refractivity contribution in [1.29, 1.82) is 0 Å². The molecule has 33 heavy (non-hydrogen) atoms. The molecule has 2 amide bonds. The van der Waals surface area contributed by atoms with Crippen LogP contribution in [0.5, 0.6) is 0 Å². The number of benzene rings is 1. The number of piperidine rings is 2. The molecule has 1 aromatic heterocycles. The van der Waals surface area contributed by atoms with Gasteiger partial charge in [-0.15, -0.1) is 0 Å². The number of hydrogen-bond donors (Lipinski definition) is 2. The number of aromatic amines is 1. The van der Waals surface area contributed by atoms with Gasteiger partial charge in [-0.2, -0.15) is 0 Å². The van der Waals surface area contributed by atoms with Gasteiger partial charge in [0.15, 0.2) is 0 Å². The van der Waals surface area contributed by atoms with Crippen molar-refractivity contribution in [2.75, 3.05) is 39.3 Å². The van der Waals surface area contributed by atoms with Crippen molar-refractivity contribution in [2.24, 2.45) is 17.8 Å². The number of likely N-dealkylation sites (tertiary alicyclic amines) is 2. The Morgan fingerprint density at radius 2 is 1.97 bits per heavy atom. The standard InChI is InChI=1S/C26H37ClN4O2/c1-18-5-3-11-30(17-18)12-4-10-28-25(32)19(2)20-8-13-31(14-9-20)26(33)24-16-21-15-22(27)6-7-23(21)29-24/h6-7,15-16,18-20,29H,3-5,8-14,17H2,1-2H3,(H,28,32)/t18-,19+/m1/s1. The summed E-state index contributed by atoms with van der Waals surface area (Å²) in [5.41, 5.74) is 1.51. The second-order valence-electron chi connectivity index (χ2n) is 10.0. The fourth-order valence-electron chi connectivity index (χ4n) is 5.37. The van der Waals surface area contributed by atoms with E-state index in [2.05, 4.69) is 22.1 Å². The molecule has 0 unspecified atom stereocenters. The van der Waals surface area contributed by atoms with Gasteiger partial charge in [0.2, 0.25) is 5.91 Å². The third-order valence-corrected chi connectivity index (χ3v) is 7.69. The minimum atomic E-state index is -0.0209. The number of nitrogens with zero attached hydrogens (tertiary/aromatic N) is 2. The molecule has 4 rings (SSSR count). The lowest BCUT2D eigenvalue weighted by Gasteiger charge is -2.34. The van der Waals surface area contributed by atoms with E-state index in [-0.39, 0.29) is 17.7 Å². The van der Waals surface area contributed by atoms with Crippen molar-refractivity contribution >= 4 is 34.3 Å². The van der Waals surface area contributed by atoms with Crippen molar-refractivity contribution in [3.8, 4) is 0 Å². The number of carbonyl (C=O) groups excluding carboxylic acids is 2. The highest BCUT2D eigenvalue weighted by Crippen LogP contribution is 2.27. The van der Waals surface area contributed by atoms with Crippen LogP contribution in [0.25, 0.3) is 10.9 Å². The van der Waals surface area contributed by atoms with E-state index in [9.17, 15) is 9.59 Å². The van der Waals surface area contributed by atoms with E-state index in [4.69, 9.17) is 11.6 Å². The largest absolute Gasteiger partial charge is 0.356 e. The van der Waals surface area contributed by atoms with E-state index in [1.807, 2.05) is 36.1 Å². The average Bonchev–Trinajstić information content (AvgIpc) is 3.24. The van der Waals surface area contributed by atoms with E-state index in [0.29, 0.717) is 29.7 Å². The Balaban J connectivity index is 1.19. The number of halogens is 1. The SMILES string of the molecule is C[C@@H]1CCCN(CCCNC(=O)[C@@H](C)C2CCN(C(=O)c3cc4cc(Cl)ccc4[nH]3)CC2)C1. The Morgan fingerprint density at radius 1 is 1.18 bits per heavy atom. The summed E-state index contributed by atoms with van der Waals surface area (Å²) in [5, 5.41) is 4.75. The molecule has 1 aromatic carbocycles. The molecule has 2 fully saturated rings. The van der Waals surface area contributed by atoms with Crippen LogP contribution < -0.4 is 5.32 Å². The lowest BCUT2D eigenvalue weighted by molar-refractivity contribution is -0.126. The van der Waals surface area contributed by atoms with E-state index >= 15 is 0 Å². The Labute approximate surface area is 202 Å². The molecule has 0 saturated carbocycles. The highest BCUT2D eigenvalue weighted by molar-refractivity contribution is 6.31. The number of nitrogens with one attached hydrogen (secondary N) is 2. The number of fused-ring (bicyclic) bond motifs is 1. The van der Waals surface area contributed by atoms with E-state index in [1.54, 1.807) is 0 Å². The summed E-state index contributed by atoms with van der Waals surface area (Å²) in [6.45, 7) is 9.92. The molecule has 0 aliphatic carbocycles. The molecular weight excluding hydrogens is 436 g/mol. The molecule has 2 aliphatic heterocycles. The Kier molecular flexibility index (Phi) is 7.97. The van der Waals surface area contributed by atoms with Crippen LogP contribution in [-0.4, -0.2) is 65.9 Å². The van der Waals surface area contributed by atoms with Crippen LogP contribution in [0.3, 0.4) is 0 Å². The van der Waals surface area contributed by atoms with Crippen LogP contribution in [0.2, 0.25) is 5.02 Å². The summed E-state index contributed by atoms with van der Waals surface area (Å²) < 4.78 is 0. The molecular formula is C26H37ClN4O2. The van der Waals surface area contributed by atoms with Gasteiger partial charge < -0.3 is 20.1 Å². The third-order valence-electron chi connectivity index (χ3n) is 7.45. The van der Waals surface area contributed by atoms with Gasteiger partial charge in [-0.3, -0.25) is 9.59 Å². The summed E-state index contributed by atoms with van der Waals surface area (Å²) in [5.74, 6) is 1.26. The fourth-order valence-corrected chi connectivity index (χ4v) is 5.55. The summed E-state index contributed by atoms with van der Waals surface area (Å²) in [6, 6.07) is 7.45. The van der Waals surface area contributed by atoms with Crippen molar-refractivity contribution in [3.63, 3.8) is 0 Å². The number of amides is 2. The molecule has 3 heterocycles. The monoisotopic (exact) mass is 472 g/mol. The minimum Gasteiger partial charge on any atom is -0.356 e. The van der Waals surface area contributed by atoms with Crippen molar-refractivity contribution in [3.05, 3.63) is 35.0 Å². The number of rotatable bonds is 7. The predicted molar refractivity (Wildman–Crippen MR) is 134 cm³/mol. The quantitative estimate of drug-likeness (QED) is 0.581. The maximum absolute atomic E-state index is 13.0. The molecule has 0 spiro atoms. The van der Waals surface area contributed by atoms with Crippen LogP contribution in [0.4, 0.5) is 0 Å². The summed E-state index contributed by atoms with van der Waals surface area (Å²) in [6.07, 6.45) is 5.36. The van der Waals surface area contributed by atoms with Gasteiger partial charge in [-0.1, -0.05) is 25.4 Å². The van der Waals surface area contributed by atoms with E-state index < -0.39 is 0 Å². The summed E-state index contributed by atoms with van der Waals surface area (Å²) in [7, 11) is 0. The first kappa shape index (κ1) is 24.1. The zero-order valence-corrected chi connectivity index (χ0v) is 20.7. The predicted octanol–water partition coefficient (Wildman–Crippen LogP) is 4.55. The van der Waals surface area contributed by atoms with E-state index in [1.165, 1.54) is 25.9 Å². The second-order valence-corrected chi connectivity index (χ2v) is 10.5. The van der Waals surface area contributed by atoms with Gasteiger partial charge in [0.1, 0.15) is 5.69 Å². The van der Waals surface area contributed by atoms with Crippen LogP contribution in [0.15, 0.2) is 24.3 Å². The Morgan fingerprint density at radius 3 is 2.73 bits per heavy atom. The Bertz CT molecular complexity index is 966. The van der Waals surface area contributed by atoms with Gasteiger partial charge in [-0.05, 0) is 81.3 Å². The first-order valence-electron chi connectivity index (χ1n) is 12.5. The lowest BCUT2D eigenvalue weighted by Crippen LogP contribution is -2.43. The summed E-state index contributed by atoms with van der Waals surface area (Å²) >= 11 is 6.06. The third kappa shape index (κ3) is 6.10. The molecule has 7 heteroatoms. The minimum absolute atomic E-state index is 0.0184. The molecule has 2 aliphatic rings. The molecule has 6 nitrogen and oxygen atoms in total. The zero-order chi connectivity index (χ0) is 23.4. The Hall–Kier alpha value is -2.05. The summed E-state index contributed by atoms with van der Waals surface area (Å²) in [4.78, 5) is 33.3. The molecule has 2 saturated heterocycles. The maximum Gasteiger partial charge on any atom is 0.270 e. The van der Waals surface area contributed by atoms with Gasteiger partial charge >= 0.3 is 0 Å². The van der Waals surface area contributed by atoms with Crippen LogP contribution in [-0.2, 0) is 4.79 Å². The fraction of sp³-hybridized carbons (Fsp3) is 0.615. The van der Waals surface area contributed by atoms with Gasteiger partial charge in [0.25, 0.3) is 5.91 Å². The smallest absolute Gasteiger partial charge is 0.270 e. The molecule has 2 atom stereocenters. The van der Waals surface area contributed by atoms with E-state index in [0.717, 1.165) is 49.2 Å². The van der Waals surface area contributed by atoms with Gasteiger partial charge in [0.05, 0.1) is 0 Å².